The second kappa shape index (κ2) is 9.04. The van der Waals surface area contributed by atoms with Crippen LogP contribution in [0.15, 0.2) is 24.5 Å². The van der Waals surface area contributed by atoms with E-state index in [0.717, 1.165) is 85.7 Å². The summed E-state index contributed by atoms with van der Waals surface area (Å²) in [7, 11) is 0. The largest absolute Gasteiger partial charge is 0.330 e. The molecule has 0 aromatic carbocycles. The molecule has 162 valence electrons. The lowest BCUT2D eigenvalue weighted by Crippen LogP contribution is -2.31. The lowest BCUT2D eigenvalue weighted by Gasteiger charge is -2.36. The summed E-state index contributed by atoms with van der Waals surface area (Å²) in [5.41, 5.74) is 11.2. The minimum absolute atomic E-state index is 0. The molecule has 0 unspecified atom stereocenters. The first-order chi connectivity index (χ1) is 13.7. The zero-order valence-electron chi connectivity index (χ0n) is 17.2. The summed E-state index contributed by atoms with van der Waals surface area (Å²) in [6.45, 7) is 3.98. The van der Waals surface area contributed by atoms with Crippen molar-refractivity contribution < 1.29 is 0 Å². The van der Waals surface area contributed by atoms with Crippen molar-refractivity contribution in [3.8, 4) is 0 Å². The van der Waals surface area contributed by atoms with Crippen LogP contribution >= 0.6 is 24.8 Å². The monoisotopic (exact) mass is 449 g/mol. The van der Waals surface area contributed by atoms with Gasteiger partial charge in [0.05, 0.1) is 17.1 Å². The number of aromatic amines is 1. The fourth-order valence-electron chi connectivity index (χ4n) is 4.62. The van der Waals surface area contributed by atoms with Gasteiger partial charge in [-0.05, 0) is 62.6 Å². The minimum Gasteiger partial charge on any atom is -0.330 e. The fraction of sp³-hybridized carbons (Fsp3) is 0.524. The molecule has 5 rings (SSSR count). The Morgan fingerprint density at radius 1 is 1.23 bits per heavy atom. The second-order valence-electron chi connectivity index (χ2n) is 8.55. The summed E-state index contributed by atoms with van der Waals surface area (Å²) in [5, 5.41) is 7.69. The molecule has 0 saturated heterocycles. The van der Waals surface area contributed by atoms with Gasteiger partial charge in [0.25, 0.3) is 0 Å². The first kappa shape index (κ1) is 22.7. The Hall–Kier alpha value is -1.96. The number of pyridine rings is 1. The van der Waals surface area contributed by atoms with E-state index in [1.54, 1.807) is 0 Å². The molecule has 1 saturated carbocycles. The van der Waals surface area contributed by atoms with E-state index < -0.39 is 0 Å². The topological polar surface area (TPSA) is 96.6 Å². The molecule has 2 aliphatic rings. The van der Waals surface area contributed by atoms with E-state index in [-0.39, 0.29) is 30.2 Å². The molecule has 3 aromatic rings. The number of nitrogens with two attached hydrogens (primary N) is 1. The zero-order valence-corrected chi connectivity index (χ0v) is 18.8. The second-order valence-corrected chi connectivity index (χ2v) is 8.55. The molecule has 0 bridgehead atoms. The van der Waals surface area contributed by atoms with Crippen molar-refractivity contribution in [2.45, 2.75) is 51.4 Å². The van der Waals surface area contributed by atoms with Gasteiger partial charge in [-0.2, -0.15) is 5.10 Å². The maximum atomic E-state index is 5.95. The fourth-order valence-corrected chi connectivity index (χ4v) is 4.62. The van der Waals surface area contributed by atoms with Crippen molar-refractivity contribution in [1.82, 2.24) is 25.1 Å². The molecule has 7 nitrogen and oxygen atoms in total. The molecule has 0 atom stereocenters. The van der Waals surface area contributed by atoms with Gasteiger partial charge in [-0.3, -0.25) is 10.1 Å². The van der Waals surface area contributed by atoms with Crippen LogP contribution in [0.5, 0.6) is 0 Å². The molecule has 1 aliphatic heterocycles. The average molecular weight is 450 g/mol. The van der Waals surface area contributed by atoms with Crippen LogP contribution in [0.3, 0.4) is 0 Å². The summed E-state index contributed by atoms with van der Waals surface area (Å²) in [6.07, 6.45) is 10.4. The Bertz CT molecular complexity index is 998. The Kier molecular flexibility index (Phi) is 6.84. The van der Waals surface area contributed by atoms with Crippen LogP contribution in [-0.2, 0) is 6.42 Å². The van der Waals surface area contributed by atoms with Gasteiger partial charge in [-0.25, -0.2) is 9.97 Å². The van der Waals surface area contributed by atoms with Gasteiger partial charge in [0.15, 0.2) is 17.0 Å². The predicted molar refractivity (Wildman–Crippen MR) is 124 cm³/mol. The normalized spacial score (nSPS) is 23.4. The molecular weight excluding hydrogens is 421 g/mol. The van der Waals surface area contributed by atoms with Crippen molar-refractivity contribution in [2.75, 3.05) is 18.0 Å². The zero-order chi connectivity index (χ0) is 19.1. The minimum atomic E-state index is 0. The summed E-state index contributed by atoms with van der Waals surface area (Å²) >= 11 is 0. The molecule has 3 aromatic heterocycles. The van der Waals surface area contributed by atoms with Crippen LogP contribution in [0, 0.1) is 5.41 Å². The van der Waals surface area contributed by atoms with Gasteiger partial charge in [-0.1, -0.05) is 6.92 Å². The van der Waals surface area contributed by atoms with Crippen molar-refractivity contribution in [1.29, 1.82) is 0 Å². The molecule has 0 radical (unpaired) electrons. The highest BCUT2D eigenvalue weighted by atomic mass is 35.5. The lowest BCUT2D eigenvalue weighted by atomic mass is 9.71. The SMILES string of the molecule is CC1(CN)CCC(c2cnc3c(N4CCCc5ncccc54)n[nH]c3n2)CC1.Cl.Cl. The van der Waals surface area contributed by atoms with Crippen LogP contribution in [0.2, 0.25) is 0 Å². The number of rotatable bonds is 3. The van der Waals surface area contributed by atoms with Crippen molar-refractivity contribution >= 4 is 47.5 Å². The first-order valence-electron chi connectivity index (χ1n) is 10.3. The summed E-state index contributed by atoms with van der Waals surface area (Å²) in [4.78, 5) is 16.4. The van der Waals surface area contributed by atoms with E-state index in [0.29, 0.717) is 5.92 Å². The van der Waals surface area contributed by atoms with Crippen LogP contribution < -0.4 is 10.6 Å². The number of nitrogens with one attached hydrogen (secondary N) is 1. The molecule has 1 aliphatic carbocycles. The first-order valence-corrected chi connectivity index (χ1v) is 10.3. The van der Waals surface area contributed by atoms with Gasteiger partial charge >= 0.3 is 0 Å². The number of nitrogens with zero attached hydrogens (tertiary/aromatic N) is 5. The predicted octanol–water partition coefficient (Wildman–Crippen LogP) is 4.30. The Morgan fingerprint density at radius 2 is 2.03 bits per heavy atom. The van der Waals surface area contributed by atoms with Gasteiger partial charge in [-0.15, -0.1) is 24.8 Å². The Labute approximate surface area is 189 Å². The van der Waals surface area contributed by atoms with E-state index in [9.17, 15) is 0 Å². The molecule has 0 amide bonds. The quantitative estimate of drug-likeness (QED) is 0.618. The number of fused-ring (bicyclic) bond motifs is 2. The average Bonchev–Trinajstić information content (AvgIpc) is 3.17. The van der Waals surface area contributed by atoms with Crippen molar-refractivity contribution in [3.05, 3.63) is 35.9 Å². The van der Waals surface area contributed by atoms with E-state index in [4.69, 9.17) is 15.7 Å². The molecule has 0 spiro atoms. The lowest BCUT2D eigenvalue weighted by molar-refractivity contribution is 0.206. The number of aromatic nitrogens is 5. The van der Waals surface area contributed by atoms with E-state index in [1.165, 1.54) is 0 Å². The maximum Gasteiger partial charge on any atom is 0.183 e. The molecule has 3 N–H and O–H groups in total. The molecule has 4 heterocycles. The third-order valence-electron chi connectivity index (χ3n) is 6.58. The van der Waals surface area contributed by atoms with Crippen LogP contribution in [0.1, 0.15) is 56.3 Å². The summed E-state index contributed by atoms with van der Waals surface area (Å²) < 4.78 is 0. The Balaban J connectivity index is 0.00000128. The molecular formula is C21H29Cl2N7. The van der Waals surface area contributed by atoms with Gasteiger partial charge in [0.1, 0.15) is 0 Å². The van der Waals surface area contributed by atoms with E-state index in [1.807, 2.05) is 18.5 Å². The standard InChI is InChI=1S/C21H27N7.2ClH/c1-21(13-22)8-6-14(7-9-21)16-12-24-18-19(25-16)26-27-20(18)28-11-3-4-15-17(28)5-2-10-23-15;;/h2,5,10,12,14H,3-4,6-9,11,13,22H2,1H3,(H,25,26,27);2*1H. The number of hydrogen-bond donors (Lipinski definition) is 2. The highest BCUT2D eigenvalue weighted by molar-refractivity contribution is 5.87. The number of hydrogen-bond acceptors (Lipinski definition) is 6. The number of aryl methyl sites for hydroxylation is 1. The number of halogens is 2. The van der Waals surface area contributed by atoms with Crippen LogP contribution in [0.4, 0.5) is 11.5 Å². The van der Waals surface area contributed by atoms with Crippen molar-refractivity contribution in [3.63, 3.8) is 0 Å². The van der Waals surface area contributed by atoms with Crippen LogP contribution in [-0.4, -0.2) is 38.2 Å². The van der Waals surface area contributed by atoms with Crippen LogP contribution in [0.25, 0.3) is 11.2 Å². The summed E-state index contributed by atoms with van der Waals surface area (Å²) in [6, 6.07) is 4.09. The highest BCUT2D eigenvalue weighted by Crippen LogP contribution is 2.42. The molecule has 1 fully saturated rings. The maximum absolute atomic E-state index is 5.95. The van der Waals surface area contributed by atoms with Gasteiger partial charge < -0.3 is 10.6 Å². The Morgan fingerprint density at radius 3 is 2.80 bits per heavy atom. The van der Waals surface area contributed by atoms with E-state index in [2.05, 4.69) is 33.1 Å². The smallest absolute Gasteiger partial charge is 0.183 e. The van der Waals surface area contributed by atoms with Gasteiger partial charge in [0.2, 0.25) is 0 Å². The third-order valence-corrected chi connectivity index (χ3v) is 6.58. The van der Waals surface area contributed by atoms with E-state index >= 15 is 0 Å². The highest BCUT2D eigenvalue weighted by Gasteiger charge is 2.31. The van der Waals surface area contributed by atoms with Gasteiger partial charge in [0, 0.05) is 24.9 Å². The molecule has 30 heavy (non-hydrogen) atoms. The number of H-pyrrole nitrogens is 1. The van der Waals surface area contributed by atoms with Crippen molar-refractivity contribution in [2.24, 2.45) is 11.1 Å². The number of anilines is 2. The molecule has 9 heteroatoms. The summed E-state index contributed by atoms with van der Waals surface area (Å²) in [5.74, 6) is 1.31. The third kappa shape index (κ3) is 3.98.